The Balaban J connectivity index is 2.62. The third-order valence-corrected chi connectivity index (χ3v) is 2.77. The van der Waals surface area contributed by atoms with Gasteiger partial charge >= 0.3 is 5.97 Å². The van der Waals surface area contributed by atoms with E-state index in [1.165, 1.54) is 0 Å². The minimum Gasteiger partial charge on any atom is -0.478 e. The molecule has 0 spiro atoms. The molecular formula is C11H9ClO2. The molecule has 2 nitrogen and oxygen atoms in total. The van der Waals surface area contributed by atoms with Crippen LogP contribution in [0.25, 0.3) is 0 Å². The summed E-state index contributed by atoms with van der Waals surface area (Å²) >= 11 is 5.99. The third kappa shape index (κ3) is 1.42. The van der Waals surface area contributed by atoms with Gasteiger partial charge in [-0.1, -0.05) is 23.8 Å². The molecule has 0 heterocycles. The lowest BCUT2D eigenvalue weighted by atomic mass is 9.92. The van der Waals surface area contributed by atoms with Crippen molar-refractivity contribution in [2.24, 2.45) is 0 Å². The highest BCUT2D eigenvalue weighted by Gasteiger charge is 2.16. The lowest BCUT2D eigenvalue weighted by Crippen LogP contribution is -2.08. The van der Waals surface area contributed by atoms with Gasteiger partial charge in [0, 0.05) is 5.02 Å². The number of rotatable bonds is 1. The van der Waals surface area contributed by atoms with Crippen molar-refractivity contribution in [3.05, 3.63) is 46.0 Å². The normalized spacial score (nSPS) is 13.8. The summed E-state index contributed by atoms with van der Waals surface area (Å²) in [6.45, 7) is 0. The molecule has 0 atom stereocenters. The van der Waals surface area contributed by atoms with E-state index in [1.54, 1.807) is 12.1 Å². The monoisotopic (exact) mass is 208 g/mol. The van der Waals surface area contributed by atoms with Crippen molar-refractivity contribution in [1.82, 2.24) is 0 Å². The number of halogens is 1. The van der Waals surface area contributed by atoms with Crippen molar-refractivity contribution in [1.29, 1.82) is 0 Å². The van der Waals surface area contributed by atoms with E-state index in [9.17, 15) is 4.79 Å². The van der Waals surface area contributed by atoms with Crippen molar-refractivity contribution in [3.8, 4) is 0 Å². The number of aromatic carboxylic acids is 1. The topological polar surface area (TPSA) is 37.3 Å². The van der Waals surface area contributed by atoms with E-state index in [4.69, 9.17) is 16.7 Å². The summed E-state index contributed by atoms with van der Waals surface area (Å²) in [7, 11) is 0. The van der Waals surface area contributed by atoms with Crippen LogP contribution in [0.2, 0.25) is 5.02 Å². The predicted molar refractivity (Wildman–Crippen MR) is 55.0 cm³/mol. The molecule has 1 N–H and O–H groups in total. The molecule has 72 valence electrons. The number of allylic oxidation sites excluding steroid dienone is 2. The van der Waals surface area contributed by atoms with Crippen molar-refractivity contribution in [2.45, 2.75) is 12.8 Å². The zero-order valence-electron chi connectivity index (χ0n) is 7.46. The van der Waals surface area contributed by atoms with Crippen LogP contribution >= 0.6 is 11.6 Å². The van der Waals surface area contributed by atoms with Gasteiger partial charge in [-0.05, 0) is 36.1 Å². The van der Waals surface area contributed by atoms with Gasteiger partial charge in [0.1, 0.15) is 0 Å². The largest absolute Gasteiger partial charge is 0.478 e. The first-order chi connectivity index (χ1) is 6.70. The van der Waals surface area contributed by atoms with Gasteiger partial charge in [-0.15, -0.1) is 0 Å². The summed E-state index contributed by atoms with van der Waals surface area (Å²) in [6.07, 6.45) is 5.39. The van der Waals surface area contributed by atoms with Crippen molar-refractivity contribution >= 4 is 17.6 Å². The zero-order valence-corrected chi connectivity index (χ0v) is 8.21. The lowest BCUT2D eigenvalue weighted by Gasteiger charge is -2.14. The Hall–Kier alpha value is -1.28. The molecule has 1 aromatic carbocycles. The lowest BCUT2D eigenvalue weighted by molar-refractivity contribution is 0.0695. The molecule has 14 heavy (non-hydrogen) atoms. The molecule has 1 aromatic rings. The Kier molecular flexibility index (Phi) is 2.30. The highest BCUT2D eigenvalue weighted by molar-refractivity contribution is 6.31. The summed E-state index contributed by atoms with van der Waals surface area (Å²) in [5.41, 5.74) is 2.18. The number of carboxylic acids is 1. The Labute approximate surface area is 86.8 Å². The zero-order chi connectivity index (χ0) is 10.1. The summed E-state index contributed by atoms with van der Waals surface area (Å²) in [5, 5.41) is 9.63. The maximum Gasteiger partial charge on any atom is 0.335 e. The van der Waals surface area contributed by atoms with Gasteiger partial charge in [-0.3, -0.25) is 0 Å². The van der Waals surface area contributed by atoms with Gasteiger partial charge in [0.25, 0.3) is 0 Å². The van der Waals surface area contributed by atoms with Crippen LogP contribution < -0.4 is 0 Å². The Morgan fingerprint density at radius 1 is 1.21 bits per heavy atom. The van der Waals surface area contributed by atoms with Crippen molar-refractivity contribution in [3.63, 3.8) is 0 Å². The number of carboxylic acid groups (broad SMARTS) is 1. The summed E-state index contributed by atoms with van der Waals surface area (Å²) in [6, 6.07) is 3.23. The van der Waals surface area contributed by atoms with E-state index in [2.05, 4.69) is 0 Å². The number of hydrogen-bond donors (Lipinski definition) is 1. The SMILES string of the molecule is O=C(O)c1ccc(Cl)c2c1CC=CC2. The second kappa shape index (κ2) is 3.46. The van der Waals surface area contributed by atoms with Gasteiger partial charge in [0.15, 0.2) is 0 Å². The van der Waals surface area contributed by atoms with E-state index in [0.717, 1.165) is 17.5 Å². The Morgan fingerprint density at radius 3 is 2.50 bits per heavy atom. The molecule has 0 saturated heterocycles. The second-order valence-electron chi connectivity index (χ2n) is 3.24. The summed E-state index contributed by atoms with van der Waals surface area (Å²) in [5.74, 6) is -0.881. The van der Waals surface area contributed by atoms with E-state index >= 15 is 0 Å². The molecule has 3 heteroatoms. The summed E-state index contributed by atoms with van der Waals surface area (Å²) < 4.78 is 0. The van der Waals surface area contributed by atoms with Crippen LogP contribution in [0.1, 0.15) is 21.5 Å². The van der Waals surface area contributed by atoms with Crippen LogP contribution in [0.3, 0.4) is 0 Å². The molecule has 0 unspecified atom stereocenters. The van der Waals surface area contributed by atoms with Crippen molar-refractivity contribution in [2.75, 3.05) is 0 Å². The molecule has 0 aromatic heterocycles. The molecule has 0 bridgehead atoms. The Morgan fingerprint density at radius 2 is 1.86 bits per heavy atom. The van der Waals surface area contributed by atoms with Crippen LogP contribution in [0, 0.1) is 0 Å². The van der Waals surface area contributed by atoms with E-state index in [1.807, 2.05) is 12.2 Å². The fraction of sp³-hybridized carbons (Fsp3) is 0.182. The maximum atomic E-state index is 10.9. The molecule has 1 aliphatic carbocycles. The smallest absolute Gasteiger partial charge is 0.335 e. The maximum absolute atomic E-state index is 10.9. The van der Waals surface area contributed by atoms with Crippen LogP contribution in [0.4, 0.5) is 0 Å². The molecule has 0 radical (unpaired) electrons. The van der Waals surface area contributed by atoms with E-state index in [-0.39, 0.29) is 0 Å². The average molecular weight is 209 g/mol. The number of hydrogen-bond acceptors (Lipinski definition) is 1. The average Bonchev–Trinajstić information content (AvgIpc) is 2.18. The quantitative estimate of drug-likeness (QED) is 0.721. The van der Waals surface area contributed by atoms with Crippen molar-refractivity contribution < 1.29 is 9.90 Å². The highest BCUT2D eigenvalue weighted by Crippen LogP contribution is 2.27. The molecule has 0 saturated carbocycles. The molecule has 1 aliphatic rings. The second-order valence-corrected chi connectivity index (χ2v) is 3.64. The highest BCUT2D eigenvalue weighted by atomic mass is 35.5. The van der Waals surface area contributed by atoms with Crippen LogP contribution in [-0.4, -0.2) is 11.1 Å². The van der Waals surface area contributed by atoms with E-state index < -0.39 is 5.97 Å². The van der Waals surface area contributed by atoms with Crippen LogP contribution in [-0.2, 0) is 12.8 Å². The molecule has 2 rings (SSSR count). The number of fused-ring (bicyclic) bond motifs is 1. The van der Waals surface area contributed by atoms with Gasteiger partial charge in [0.2, 0.25) is 0 Å². The molecule has 0 fully saturated rings. The first-order valence-electron chi connectivity index (χ1n) is 4.38. The van der Waals surface area contributed by atoms with Gasteiger partial charge in [0.05, 0.1) is 5.56 Å². The number of benzene rings is 1. The van der Waals surface area contributed by atoms with Gasteiger partial charge < -0.3 is 5.11 Å². The third-order valence-electron chi connectivity index (χ3n) is 2.42. The van der Waals surface area contributed by atoms with E-state index in [0.29, 0.717) is 17.0 Å². The summed E-state index contributed by atoms with van der Waals surface area (Å²) in [4.78, 5) is 10.9. The first kappa shape index (κ1) is 9.28. The van der Waals surface area contributed by atoms with Crippen LogP contribution in [0.5, 0.6) is 0 Å². The number of carbonyl (C=O) groups is 1. The fourth-order valence-electron chi connectivity index (χ4n) is 1.72. The van der Waals surface area contributed by atoms with Gasteiger partial charge in [-0.25, -0.2) is 4.79 Å². The van der Waals surface area contributed by atoms with Gasteiger partial charge in [-0.2, -0.15) is 0 Å². The first-order valence-corrected chi connectivity index (χ1v) is 4.76. The standard InChI is InChI=1S/C11H9ClO2/c12-10-6-5-9(11(13)14)7-3-1-2-4-8(7)10/h1-2,5-6H,3-4H2,(H,13,14). The fourth-order valence-corrected chi connectivity index (χ4v) is 1.98. The molecule has 0 amide bonds. The molecular weight excluding hydrogens is 200 g/mol. The Bertz CT molecular complexity index is 422. The predicted octanol–water partition coefficient (Wildman–Crippen LogP) is 2.69. The minimum absolute atomic E-state index is 0.369. The van der Waals surface area contributed by atoms with Crippen LogP contribution in [0.15, 0.2) is 24.3 Å². The minimum atomic E-state index is -0.881. The molecule has 0 aliphatic heterocycles.